The van der Waals surface area contributed by atoms with Crippen molar-refractivity contribution < 1.29 is 23.8 Å². The van der Waals surface area contributed by atoms with E-state index in [2.05, 4.69) is 12.1 Å². The summed E-state index contributed by atoms with van der Waals surface area (Å²) < 4.78 is 16.1. The Balaban J connectivity index is 1.47. The smallest absolute Gasteiger partial charge is 0.337 e. The minimum atomic E-state index is -1.44. The Bertz CT molecular complexity index is 1180. The molecule has 0 spiro atoms. The zero-order valence-electron chi connectivity index (χ0n) is 20.2. The Morgan fingerprint density at radius 1 is 0.886 bits per heavy atom. The molecule has 1 aliphatic rings. The standard InChI is InChI=1S/C28H29NO5S/c1-32-26(30)22-11-9-21(10-12-22)16-18-35-23-13-14-25-24(19-23)28(33-2,34-3)27(31)29(25)17-15-20-7-5-4-6-8-20/h4-14,19H,15-18H2,1-3H3. The van der Waals surface area contributed by atoms with Crippen LogP contribution < -0.4 is 4.90 Å². The summed E-state index contributed by atoms with van der Waals surface area (Å²) in [5, 5.41) is 0. The molecule has 1 heterocycles. The number of ether oxygens (including phenoxy) is 3. The van der Waals surface area contributed by atoms with Crippen molar-refractivity contribution in [2.45, 2.75) is 23.5 Å². The van der Waals surface area contributed by atoms with Gasteiger partial charge in [-0.25, -0.2) is 4.79 Å². The molecule has 0 atom stereocenters. The molecule has 0 saturated carbocycles. The van der Waals surface area contributed by atoms with E-state index in [0.717, 1.165) is 40.3 Å². The predicted octanol–water partition coefficient (Wildman–Crippen LogP) is 4.84. The second-order valence-electron chi connectivity index (χ2n) is 8.18. The molecule has 0 bridgehead atoms. The van der Waals surface area contributed by atoms with Gasteiger partial charge in [-0.2, -0.15) is 0 Å². The number of rotatable bonds is 10. The summed E-state index contributed by atoms with van der Waals surface area (Å²) in [6.07, 6.45) is 1.58. The van der Waals surface area contributed by atoms with Crippen LogP contribution in [0.5, 0.6) is 0 Å². The van der Waals surface area contributed by atoms with Gasteiger partial charge >= 0.3 is 5.97 Å². The van der Waals surface area contributed by atoms with Crippen molar-refractivity contribution in [2.24, 2.45) is 0 Å². The molecule has 7 heteroatoms. The first-order valence-electron chi connectivity index (χ1n) is 11.4. The van der Waals surface area contributed by atoms with Crippen molar-refractivity contribution in [1.82, 2.24) is 0 Å². The number of aryl methyl sites for hydroxylation is 1. The van der Waals surface area contributed by atoms with Crippen molar-refractivity contribution in [3.63, 3.8) is 0 Å². The van der Waals surface area contributed by atoms with Gasteiger partial charge in [-0.3, -0.25) is 4.79 Å². The Hall–Kier alpha value is -3.13. The summed E-state index contributed by atoms with van der Waals surface area (Å²) in [4.78, 5) is 27.8. The molecule has 0 N–H and O–H groups in total. The fourth-order valence-corrected chi connectivity index (χ4v) is 5.24. The van der Waals surface area contributed by atoms with Gasteiger partial charge in [0.1, 0.15) is 0 Å². The maximum atomic E-state index is 13.4. The lowest BCUT2D eigenvalue weighted by Gasteiger charge is -2.25. The third-order valence-corrected chi connectivity index (χ3v) is 7.21. The average molecular weight is 492 g/mol. The summed E-state index contributed by atoms with van der Waals surface area (Å²) in [6, 6.07) is 23.6. The Labute approximate surface area is 210 Å². The zero-order chi connectivity index (χ0) is 24.8. The number of nitrogens with zero attached hydrogens (tertiary/aromatic N) is 1. The van der Waals surface area contributed by atoms with Crippen LogP contribution in [0.15, 0.2) is 77.7 Å². The molecule has 182 valence electrons. The van der Waals surface area contributed by atoms with Crippen molar-refractivity contribution in [3.05, 3.63) is 95.1 Å². The highest BCUT2D eigenvalue weighted by atomic mass is 32.2. The number of esters is 1. The van der Waals surface area contributed by atoms with E-state index in [-0.39, 0.29) is 11.9 Å². The largest absolute Gasteiger partial charge is 0.465 e. The molecule has 3 aromatic carbocycles. The van der Waals surface area contributed by atoms with Crippen LogP contribution in [0.1, 0.15) is 27.0 Å². The number of thioether (sulfide) groups is 1. The quantitative estimate of drug-likeness (QED) is 0.230. The number of carbonyl (C=O) groups excluding carboxylic acids is 2. The van der Waals surface area contributed by atoms with E-state index in [0.29, 0.717) is 12.1 Å². The van der Waals surface area contributed by atoms with Crippen molar-refractivity contribution >= 4 is 29.3 Å². The molecule has 0 aromatic heterocycles. The monoisotopic (exact) mass is 491 g/mol. The zero-order valence-corrected chi connectivity index (χ0v) is 21.0. The fourth-order valence-electron chi connectivity index (χ4n) is 4.30. The van der Waals surface area contributed by atoms with Gasteiger partial charge in [-0.15, -0.1) is 11.8 Å². The number of anilines is 1. The topological polar surface area (TPSA) is 65.1 Å². The number of amides is 1. The van der Waals surface area contributed by atoms with Crippen molar-refractivity contribution in [3.8, 4) is 0 Å². The maximum absolute atomic E-state index is 13.4. The highest BCUT2D eigenvalue weighted by Gasteiger charge is 2.52. The second-order valence-corrected chi connectivity index (χ2v) is 9.35. The van der Waals surface area contributed by atoms with Crippen molar-refractivity contribution in [1.29, 1.82) is 0 Å². The van der Waals surface area contributed by atoms with E-state index in [1.807, 2.05) is 48.5 Å². The van der Waals surface area contributed by atoms with Gasteiger partial charge in [-0.05, 0) is 54.3 Å². The molecule has 0 unspecified atom stereocenters. The van der Waals surface area contributed by atoms with Gasteiger partial charge in [0.05, 0.1) is 18.4 Å². The van der Waals surface area contributed by atoms with Crippen LogP contribution in [0.25, 0.3) is 0 Å². The maximum Gasteiger partial charge on any atom is 0.337 e. The molecule has 6 nitrogen and oxygen atoms in total. The summed E-state index contributed by atoms with van der Waals surface area (Å²) in [5.74, 6) is -1.14. The first-order chi connectivity index (χ1) is 17.0. The second kappa shape index (κ2) is 11.1. The predicted molar refractivity (Wildman–Crippen MR) is 137 cm³/mol. The van der Waals surface area contributed by atoms with Crippen LogP contribution in [-0.4, -0.2) is 45.5 Å². The van der Waals surface area contributed by atoms with Crippen LogP contribution in [-0.2, 0) is 37.6 Å². The summed E-state index contributed by atoms with van der Waals surface area (Å²) in [6.45, 7) is 0.540. The molecule has 35 heavy (non-hydrogen) atoms. The lowest BCUT2D eigenvalue weighted by molar-refractivity contribution is -0.209. The van der Waals surface area contributed by atoms with E-state index in [1.54, 1.807) is 28.8 Å². The van der Waals surface area contributed by atoms with Gasteiger partial charge in [-0.1, -0.05) is 42.5 Å². The third kappa shape index (κ3) is 5.12. The Morgan fingerprint density at radius 2 is 1.57 bits per heavy atom. The molecular weight excluding hydrogens is 462 g/mol. The van der Waals surface area contributed by atoms with E-state index in [1.165, 1.54) is 26.9 Å². The summed E-state index contributed by atoms with van der Waals surface area (Å²) >= 11 is 1.70. The van der Waals surface area contributed by atoms with Gasteiger partial charge in [0.25, 0.3) is 11.7 Å². The van der Waals surface area contributed by atoms with E-state index >= 15 is 0 Å². The number of hydrogen-bond donors (Lipinski definition) is 0. The molecule has 0 fully saturated rings. The van der Waals surface area contributed by atoms with Gasteiger partial charge in [0.2, 0.25) is 0 Å². The van der Waals surface area contributed by atoms with Crippen LogP contribution in [0, 0.1) is 0 Å². The molecular formula is C28H29NO5S. The molecule has 3 aromatic rings. The van der Waals surface area contributed by atoms with Gasteiger partial charge in [0, 0.05) is 37.0 Å². The van der Waals surface area contributed by atoms with E-state index < -0.39 is 5.79 Å². The average Bonchev–Trinajstić information content (AvgIpc) is 3.14. The molecule has 0 aliphatic carbocycles. The van der Waals surface area contributed by atoms with Crippen LogP contribution in [0.2, 0.25) is 0 Å². The SMILES string of the molecule is COC(=O)c1ccc(CCSc2ccc3c(c2)C(OC)(OC)C(=O)N3CCc2ccccc2)cc1. The number of methoxy groups -OCH3 is 3. The number of benzene rings is 3. The van der Waals surface area contributed by atoms with E-state index in [9.17, 15) is 9.59 Å². The Kier molecular flexibility index (Phi) is 7.90. The number of carbonyl (C=O) groups is 2. The molecule has 0 radical (unpaired) electrons. The molecule has 1 aliphatic heterocycles. The molecule has 1 amide bonds. The van der Waals surface area contributed by atoms with Gasteiger partial charge in [0.15, 0.2) is 0 Å². The Morgan fingerprint density at radius 3 is 2.23 bits per heavy atom. The van der Waals surface area contributed by atoms with Crippen LogP contribution >= 0.6 is 11.8 Å². The highest BCUT2D eigenvalue weighted by molar-refractivity contribution is 7.99. The van der Waals surface area contributed by atoms with E-state index in [4.69, 9.17) is 14.2 Å². The number of hydrogen-bond acceptors (Lipinski definition) is 6. The summed E-state index contributed by atoms with van der Waals surface area (Å²) in [7, 11) is 4.38. The highest BCUT2D eigenvalue weighted by Crippen LogP contribution is 2.44. The van der Waals surface area contributed by atoms with Crippen molar-refractivity contribution in [2.75, 3.05) is 38.5 Å². The molecule has 0 saturated heterocycles. The summed E-state index contributed by atoms with van der Waals surface area (Å²) in [5.41, 5.74) is 4.39. The lowest BCUT2D eigenvalue weighted by atomic mass is 10.1. The first kappa shape index (κ1) is 25.0. The third-order valence-electron chi connectivity index (χ3n) is 6.22. The minimum absolute atomic E-state index is 0.207. The fraction of sp³-hybridized carbons (Fsp3) is 0.286. The normalized spacial score (nSPS) is 14.1. The number of fused-ring (bicyclic) bond motifs is 1. The van der Waals surface area contributed by atoms with Crippen LogP contribution in [0.4, 0.5) is 5.69 Å². The minimum Gasteiger partial charge on any atom is -0.465 e. The van der Waals surface area contributed by atoms with Gasteiger partial charge < -0.3 is 19.1 Å². The first-order valence-corrected chi connectivity index (χ1v) is 12.4. The van der Waals surface area contributed by atoms with Crippen LogP contribution in [0.3, 0.4) is 0 Å². The molecule has 4 rings (SSSR count). The lowest BCUT2D eigenvalue weighted by Crippen LogP contribution is -2.43.